The lowest BCUT2D eigenvalue weighted by Gasteiger charge is -2.29. The van der Waals surface area contributed by atoms with Gasteiger partial charge in [-0.3, -0.25) is 4.90 Å². The molecule has 1 heterocycles. The highest BCUT2D eigenvalue weighted by molar-refractivity contribution is 7.99. The molecule has 90 valence electrons. The van der Waals surface area contributed by atoms with Crippen LogP contribution in [-0.2, 0) is 0 Å². The van der Waals surface area contributed by atoms with Gasteiger partial charge in [0.15, 0.2) is 0 Å². The van der Waals surface area contributed by atoms with Gasteiger partial charge in [0, 0.05) is 9.79 Å². The Labute approximate surface area is 108 Å². The van der Waals surface area contributed by atoms with Crippen LogP contribution in [0.5, 0.6) is 5.75 Å². The summed E-state index contributed by atoms with van der Waals surface area (Å²) in [4.78, 5) is 14.8. The van der Waals surface area contributed by atoms with Crippen molar-refractivity contribution in [2.24, 2.45) is 5.73 Å². The molecule has 0 bridgehead atoms. The zero-order valence-corrected chi connectivity index (χ0v) is 10.1. The number of nitrogens with zero attached hydrogens (tertiary/aromatic N) is 1. The maximum atomic E-state index is 11.7. The number of primary amides is 1. The van der Waals surface area contributed by atoms with Crippen molar-refractivity contribution in [2.75, 3.05) is 4.90 Å². The molecule has 0 fully saturated rings. The zero-order valence-electron chi connectivity index (χ0n) is 9.33. The van der Waals surface area contributed by atoms with Gasteiger partial charge >= 0.3 is 6.03 Å². The van der Waals surface area contributed by atoms with Crippen LogP contribution in [0.25, 0.3) is 0 Å². The monoisotopic (exact) mass is 258 g/mol. The fourth-order valence-corrected chi connectivity index (χ4v) is 3.10. The van der Waals surface area contributed by atoms with E-state index >= 15 is 0 Å². The van der Waals surface area contributed by atoms with E-state index in [0.29, 0.717) is 11.4 Å². The van der Waals surface area contributed by atoms with Gasteiger partial charge in [0.05, 0.1) is 5.69 Å². The van der Waals surface area contributed by atoms with E-state index in [9.17, 15) is 9.90 Å². The number of urea groups is 1. The van der Waals surface area contributed by atoms with Crippen molar-refractivity contribution >= 4 is 29.2 Å². The number of rotatable bonds is 0. The van der Waals surface area contributed by atoms with Gasteiger partial charge in [0.25, 0.3) is 0 Å². The predicted octanol–water partition coefficient (Wildman–Crippen LogP) is 3.07. The number of carbonyl (C=O) groups is 1. The summed E-state index contributed by atoms with van der Waals surface area (Å²) in [6.45, 7) is 0. The molecule has 0 aliphatic carbocycles. The van der Waals surface area contributed by atoms with Gasteiger partial charge in [0.2, 0.25) is 0 Å². The molecule has 18 heavy (non-hydrogen) atoms. The molecule has 0 saturated heterocycles. The third kappa shape index (κ3) is 1.52. The predicted molar refractivity (Wildman–Crippen MR) is 70.4 cm³/mol. The number of aromatic hydroxyl groups is 1. The molecule has 2 amide bonds. The Balaban J connectivity index is 2.28. The average molecular weight is 258 g/mol. The molecule has 0 spiro atoms. The lowest BCUT2D eigenvalue weighted by Crippen LogP contribution is -2.33. The molecule has 0 atom stereocenters. The standard InChI is InChI=1S/C13H10N2O2S/c14-13(17)15-8-4-1-2-6-10(8)18-11-7-3-5-9(16)12(11)15/h1-7,16H,(H2,14,17). The number of para-hydroxylation sites is 2. The van der Waals surface area contributed by atoms with E-state index < -0.39 is 6.03 Å². The van der Waals surface area contributed by atoms with E-state index in [1.54, 1.807) is 12.1 Å². The van der Waals surface area contributed by atoms with Crippen LogP contribution < -0.4 is 10.6 Å². The van der Waals surface area contributed by atoms with E-state index in [0.717, 1.165) is 9.79 Å². The smallest absolute Gasteiger partial charge is 0.324 e. The number of phenolic OH excluding ortho intramolecular Hbond substituents is 1. The summed E-state index contributed by atoms with van der Waals surface area (Å²) in [5.41, 5.74) is 6.58. The van der Waals surface area contributed by atoms with Crippen LogP contribution in [0.2, 0.25) is 0 Å². The summed E-state index contributed by atoms with van der Waals surface area (Å²) in [5, 5.41) is 9.94. The first kappa shape index (κ1) is 11.0. The normalized spacial score (nSPS) is 12.8. The van der Waals surface area contributed by atoms with Crippen LogP contribution in [0.15, 0.2) is 52.3 Å². The minimum absolute atomic E-state index is 0.0494. The second-order valence-electron chi connectivity index (χ2n) is 3.87. The fraction of sp³-hybridized carbons (Fsp3) is 0. The molecule has 2 aromatic rings. The Hall–Kier alpha value is -2.14. The number of fused-ring (bicyclic) bond motifs is 2. The second kappa shape index (κ2) is 3.96. The Morgan fingerprint density at radius 3 is 2.61 bits per heavy atom. The molecule has 0 radical (unpaired) electrons. The molecular formula is C13H10N2O2S. The molecule has 1 aliphatic rings. The molecular weight excluding hydrogens is 248 g/mol. The van der Waals surface area contributed by atoms with Crippen LogP contribution in [0.4, 0.5) is 16.2 Å². The van der Waals surface area contributed by atoms with Crippen LogP contribution in [0, 0.1) is 0 Å². The van der Waals surface area contributed by atoms with Gasteiger partial charge < -0.3 is 10.8 Å². The Bertz CT molecular complexity index is 643. The lowest BCUT2D eigenvalue weighted by atomic mass is 10.2. The SMILES string of the molecule is NC(=O)N1c2ccccc2Sc2cccc(O)c21. The highest BCUT2D eigenvalue weighted by atomic mass is 32.2. The summed E-state index contributed by atoms with van der Waals surface area (Å²) in [5.74, 6) is 0.0494. The molecule has 0 unspecified atom stereocenters. The van der Waals surface area contributed by atoms with E-state index in [4.69, 9.17) is 5.73 Å². The van der Waals surface area contributed by atoms with Crippen molar-refractivity contribution in [3.63, 3.8) is 0 Å². The summed E-state index contributed by atoms with van der Waals surface area (Å²) >= 11 is 1.51. The largest absolute Gasteiger partial charge is 0.506 e. The van der Waals surface area contributed by atoms with Crippen molar-refractivity contribution in [3.05, 3.63) is 42.5 Å². The van der Waals surface area contributed by atoms with Crippen molar-refractivity contribution < 1.29 is 9.90 Å². The number of hydrogen-bond donors (Lipinski definition) is 2. The highest BCUT2D eigenvalue weighted by Crippen LogP contribution is 2.51. The molecule has 3 rings (SSSR count). The average Bonchev–Trinajstić information content (AvgIpc) is 2.36. The van der Waals surface area contributed by atoms with Crippen LogP contribution >= 0.6 is 11.8 Å². The minimum atomic E-state index is -0.606. The fourth-order valence-electron chi connectivity index (χ4n) is 2.01. The summed E-state index contributed by atoms with van der Waals surface area (Å²) in [7, 11) is 0. The highest BCUT2D eigenvalue weighted by Gasteiger charge is 2.28. The molecule has 5 heteroatoms. The molecule has 2 aromatic carbocycles. The van der Waals surface area contributed by atoms with E-state index in [2.05, 4.69) is 0 Å². The van der Waals surface area contributed by atoms with Gasteiger partial charge in [-0.1, -0.05) is 30.0 Å². The van der Waals surface area contributed by atoms with Crippen LogP contribution in [0.3, 0.4) is 0 Å². The number of hydrogen-bond acceptors (Lipinski definition) is 3. The van der Waals surface area contributed by atoms with Crippen LogP contribution in [-0.4, -0.2) is 11.1 Å². The number of amides is 2. The van der Waals surface area contributed by atoms with Gasteiger partial charge in [-0.25, -0.2) is 4.79 Å². The van der Waals surface area contributed by atoms with E-state index in [1.165, 1.54) is 16.7 Å². The van der Waals surface area contributed by atoms with Gasteiger partial charge in [-0.05, 0) is 24.3 Å². The first-order chi connectivity index (χ1) is 8.68. The quantitative estimate of drug-likeness (QED) is 0.763. The Morgan fingerprint density at radius 2 is 1.83 bits per heavy atom. The van der Waals surface area contributed by atoms with Crippen molar-refractivity contribution in [1.82, 2.24) is 0 Å². The third-order valence-corrected chi connectivity index (χ3v) is 3.86. The van der Waals surface area contributed by atoms with E-state index in [1.807, 2.05) is 30.3 Å². The molecule has 4 nitrogen and oxygen atoms in total. The lowest BCUT2D eigenvalue weighted by molar-refractivity contribution is 0.255. The third-order valence-electron chi connectivity index (χ3n) is 2.75. The van der Waals surface area contributed by atoms with Gasteiger partial charge in [-0.15, -0.1) is 0 Å². The Morgan fingerprint density at radius 1 is 1.11 bits per heavy atom. The first-order valence-electron chi connectivity index (χ1n) is 5.37. The van der Waals surface area contributed by atoms with Crippen LogP contribution in [0.1, 0.15) is 0 Å². The summed E-state index contributed by atoms with van der Waals surface area (Å²) in [6, 6.07) is 12.0. The summed E-state index contributed by atoms with van der Waals surface area (Å²) < 4.78 is 0. The maximum Gasteiger partial charge on any atom is 0.324 e. The van der Waals surface area contributed by atoms with Gasteiger partial charge in [-0.2, -0.15) is 0 Å². The van der Waals surface area contributed by atoms with Crippen molar-refractivity contribution in [2.45, 2.75) is 9.79 Å². The topological polar surface area (TPSA) is 66.6 Å². The molecule has 0 aromatic heterocycles. The molecule has 0 saturated carbocycles. The number of nitrogens with two attached hydrogens (primary N) is 1. The van der Waals surface area contributed by atoms with Gasteiger partial charge in [0.1, 0.15) is 11.4 Å². The number of anilines is 2. The van der Waals surface area contributed by atoms with E-state index in [-0.39, 0.29) is 5.75 Å². The number of phenols is 1. The zero-order chi connectivity index (χ0) is 12.7. The minimum Gasteiger partial charge on any atom is -0.506 e. The number of benzene rings is 2. The van der Waals surface area contributed by atoms with Crippen molar-refractivity contribution in [3.8, 4) is 5.75 Å². The number of carbonyl (C=O) groups excluding carboxylic acids is 1. The first-order valence-corrected chi connectivity index (χ1v) is 6.18. The van der Waals surface area contributed by atoms with Crippen molar-refractivity contribution in [1.29, 1.82) is 0 Å². The maximum absolute atomic E-state index is 11.7. The molecule has 3 N–H and O–H groups in total. The second-order valence-corrected chi connectivity index (χ2v) is 4.95. The summed E-state index contributed by atoms with van der Waals surface area (Å²) in [6.07, 6.45) is 0. The molecule has 1 aliphatic heterocycles. The Kier molecular flexibility index (Phi) is 2.41.